The van der Waals surface area contributed by atoms with Gasteiger partial charge in [0, 0.05) is 10.7 Å². The van der Waals surface area contributed by atoms with Crippen molar-refractivity contribution in [1.29, 1.82) is 0 Å². The second kappa shape index (κ2) is 6.29. The van der Waals surface area contributed by atoms with Crippen molar-refractivity contribution in [2.75, 3.05) is 0 Å². The normalized spacial score (nSPS) is 12.5. The third-order valence-electron chi connectivity index (χ3n) is 2.61. The highest BCUT2D eigenvalue weighted by molar-refractivity contribution is 9.10. The van der Waals surface area contributed by atoms with Crippen LogP contribution in [0.1, 0.15) is 17.2 Å². The minimum absolute atomic E-state index is 0.461. The van der Waals surface area contributed by atoms with Crippen molar-refractivity contribution in [3.05, 3.63) is 70.2 Å². The standard InChI is InChI=1S/C15H13BrN2O/c16-13-8-4-5-11(9-13)10-18-14(15(17)19)12-6-2-1-3-7-12/h1-10,14H,(H2,17,19)/t14-/m0/s1. The molecule has 0 aromatic heterocycles. The zero-order valence-corrected chi connectivity index (χ0v) is 11.7. The molecule has 1 atom stereocenters. The maximum Gasteiger partial charge on any atom is 0.246 e. The number of halogens is 1. The summed E-state index contributed by atoms with van der Waals surface area (Å²) in [5.74, 6) is -0.461. The maximum absolute atomic E-state index is 11.5. The summed E-state index contributed by atoms with van der Waals surface area (Å²) in [7, 11) is 0. The number of benzene rings is 2. The molecule has 1 amide bonds. The summed E-state index contributed by atoms with van der Waals surface area (Å²) < 4.78 is 0.965. The number of amides is 1. The van der Waals surface area contributed by atoms with Crippen molar-refractivity contribution in [1.82, 2.24) is 0 Å². The van der Waals surface area contributed by atoms with Crippen molar-refractivity contribution in [2.24, 2.45) is 10.7 Å². The molecular weight excluding hydrogens is 304 g/mol. The van der Waals surface area contributed by atoms with Crippen LogP contribution in [0.4, 0.5) is 0 Å². The molecule has 4 heteroatoms. The topological polar surface area (TPSA) is 55.5 Å². The SMILES string of the molecule is NC(=O)[C@@H](N=Cc1cccc(Br)c1)c1ccccc1. The van der Waals surface area contributed by atoms with E-state index < -0.39 is 11.9 Å². The largest absolute Gasteiger partial charge is 0.368 e. The van der Waals surface area contributed by atoms with Crippen molar-refractivity contribution >= 4 is 28.1 Å². The smallest absolute Gasteiger partial charge is 0.246 e. The molecule has 3 nitrogen and oxygen atoms in total. The van der Waals surface area contributed by atoms with Crippen LogP contribution in [0.2, 0.25) is 0 Å². The summed E-state index contributed by atoms with van der Waals surface area (Å²) in [6.45, 7) is 0. The highest BCUT2D eigenvalue weighted by atomic mass is 79.9. The van der Waals surface area contributed by atoms with E-state index in [1.807, 2.05) is 54.6 Å². The van der Waals surface area contributed by atoms with Crippen LogP contribution < -0.4 is 5.73 Å². The molecule has 0 fully saturated rings. The van der Waals surface area contributed by atoms with Gasteiger partial charge in [-0.05, 0) is 23.3 Å². The summed E-state index contributed by atoms with van der Waals surface area (Å²) in [6, 6.07) is 16.3. The lowest BCUT2D eigenvalue weighted by Gasteiger charge is -2.08. The molecule has 0 heterocycles. The summed E-state index contributed by atoms with van der Waals surface area (Å²) in [5, 5.41) is 0. The lowest BCUT2D eigenvalue weighted by atomic mass is 10.1. The first-order chi connectivity index (χ1) is 9.16. The van der Waals surface area contributed by atoms with Crippen LogP contribution in [0.15, 0.2) is 64.1 Å². The summed E-state index contributed by atoms with van der Waals surface area (Å²) in [6.07, 6.45) is 1.66. The zero-order chi connectivity index (χ0) is 13.7. The Morgan fingerprint density at radius 3 is 2.53 bits per heavy atom. The van der Waals surface area contributed by atoms with Gasteiger partial charge in [0.25, 0.3) is 0 Å². The van der Waals surface area contributed by atoms with E-state index >= 15 is 0 Å². The molecule has 0 saturated heterocycles. The fourth-order valence-electron chi connectivity index (χ4n) is 1.71. The van der Waals surface area contributed by atoms with Crippen molar-refractivity contribution in [3.63, 3.8) is 0 Å². The number of aliphatic imine (C=N–C) groups is 1. The quantitative estimate of drug-likeness (QED) is 0.866. The molecule has 2 rings (SSSR count). The summed E-state index contributed by atoms with van der Waals surface area (Å²) in [4.78, 5) is 15.8. The highest BCUT2D eigenvalue weighted by Crippen LogP contribution is 2.17. The third-order valence-corrected chi connectivity index (χ3v) is 3.10. The molecular formula is C15H13BrN2O. The van der Waals surface area contributed by atoms with Gasteiger partial charge in [-0.25, -0.2) is 0 Å². The fourth-order valence-corrected chi connectivity index (χ4v) is 2.12. The molecule has 0 unspecified atom stereocenters. The van der Waals surface area contributed by atoms with Gasteiger partial charge >= 0.3 is 0 Å². The molecule has 2 aromatic carbocycles. The van der Waals surface area contributed by atoms with Crippen molar-refractivity contribution < 1.29 is 4.79 Å². The number of carbonyl (C=O) groups is 1. The van der Waals surface area contributed by atoms with Crippen LogP contribution in [0, 0.1) is 0 Å². The molecule has 0 aliphatic heterocycles. The predicted octanol–water partition coefficient (Wildman–Crippen LogP) is 3.09. The van der Waals surface area contributed by atoms with Gasteiger partial charge in [-0.1, -0.05) is 58.4 Å². The van der Waals surface area contributed by atoms with Gasteiger partial charge in [0.1, 0.15) is 0 Å². The molecule has 2 aromatic rings. The van der Waals surface area contributed by atoms with E-state index in [9.17, 15) is 4.79 Å². The van der Waals surface area contributed by atoms with Crippen LogP contribution >= 0.6 is 15.9 Å². The number of hydrogen-bond acceptors (Lipinski definition) is 2. The number of carbonyl (C=O) groups excluding carboxylic acids is 1. The van der Waals surface area contributed by atoms with Crippen LogP contribution in [-0.4, -0.2) is 12.1 Å². The second-order valence-corrected chi connectivity index (χ2v) is 4.96. The molecule has 0 saturated carbocycles. The third kappa shape index (κ3) is 3.76. The molecule has 0 spiro atoms. The first kappa shape index (κ1) is 13.5. The lowest BCUT2D eigenvalue weighted by molar-refractivity contribution is -0.119. The molecule has 19 heavy (non-hydrogen) atoms. The Hall–Kier alpha value is -1.94. The Balaban J connectivity index is 2.25. The van der Waals surface area contributed by atoms with Crippen LogP contribution in [0.5, 0.6) is 0 Å². The molecule has 0 radical (unpaired) electrons. The Morgan fingerprint density at radius 1 is 1.16 bits per heavy atom. The minimum atomic E-state index is -0.653. The molecule has 2 N–H and O–H groups in total. The van der Waals surface area contributed by atoms with Gasteiger partial charge in [-0.3, -0.25) is 9.79 Å². The summed E-state index contributed by atoms with van der Waals surface area (Å²) >= 11 is 3.39. The lowest BCUT2D eigenvalue weighted by Crippen LogP contribution is -2.20. The van der Waals surface area contributed by atoms with E-state index in [0.717, 1.165) is 15.6 Å². The average molecular weight is 317 g/mol. The first-order valence-corrected chi connectivity index (χ1v) is 6.59. The Labute approximate surface area is 120 Å². The molecule has 96 valence electrons. The Morgan fingerprint density at radius 2 is 1.89 bits per heavy atom. The molecule has 0 aliphatic rings. The first-order valence-electron chi connectivity index (χ1n) is 5.80. The van der Waals surface area contributed by atoms with E-state index in [1.54, 1.807) is 6.21 Å². The minimum Gasteiger partial charge on any atom is -0.368 e. The van der Waals surface area contributed by atoms with E-state index in [1.165, 1.54) is 0 Å². The number of primary amides is 1. The van der Waals surface area contributed by atoms with Crippen LogP contribution in [0.3, 0.4) is 0 Å². The maximum atomic E-state index is 11.5. The number of hydrogen-bond donors (Lipinski definition) is 1. The monoisotopic (exact) mass is 316 g/mol. The van der Waals surface area contributed by atoms with Gasteiger partial charge in [-0.15, -0.1) is 0 Å². The Kier molecular flexibility index (Phi) is 4.47. The highest BCUT2D eigenvalue weighted by Gasteiger charge is 2.14. The second-order valence-electron chi connectivity index (χ2n) is 4.05. The van der Waals surface area contributed by atoms with Gasteiger partial charge in [0.15, 0.2) is 6.04 Å². The number of nitrogens with zero attached hydrogens (tertiary/aromatic N) is 1. The van der Waals surface area contributed by atoms with Crippen molar-refractivity contribution in [3.8, 4) is 0 Å². The number of nitrogens with two attached hydrogens (primary N) is 1. The van der Waals surface area contributed by atoms with Gasteiger partial charge in [0.2, 0.25) is 5.91 Å². The average Bonchev–Trinajstić information content (AvgIpc) is 2.40. The van der Waals surface area contributed by atoms with Crippen LogP contribution in [-0.2, 0) is 4.79 Å². The van der Waals surface area contributed by atoms with Gasteiger partial charge in [0.05, 0.1) is 0 Å². The van der Waals surface area contributed by atoms with Gasteiger partial charge < -0.3 is 5.73 Å². The van der Waals surface area contributed by atoms with E-state index in [2.05, 4.69) is 20.9 Å². The van der Waals surface area contributed by atoms with Crippen molar-refractivity contribution in [2.45, 2.75) is 6.04 Å². The summed E-state index contributed by atoms with van der Waals surface area (Å²) in [5.41, 5.74) is 7.11. The zero-order valence-electron chi connectivity index (χ0n) is 10.2. The van der Waals surface area contributed by atoms with E-state index in [-0.39, 0.29) is 0 Å². The fraction of sp³-hybridized carbons (Fsp3) is 0.0667. The van der Waals surface area contributed by atoms with Crippen LogP contribution in [0.25, 0.3) is 0 Å². The van der Waals surface area contributed by atoms with E-state index in [4.69, 9.17) is 5.73 Å². The Bertz CT molecular complexity index is 596. The number of rotatable bonds is 4. The molecule has 0 aliphatic carbocycles. The predicted molar refractivity (Wildman–Crippen MR) is 80.1 cm³/mol. The molecule has 0 bridgehead atoms. The van der Waals surface area contributed by atoms with Gasteiger partial charge in [-0.2, -0.15) is 0 Å². The van der Waals surface area contributed by atoms with E-state index in [0.29, 0.717) is 0 Å².